The fraction of sp³-hybridized carbons (Fsp3) is 0.417. The molecule has 0 spiro atoms. The van der Waals surface area contributed by atoms with Crippen LogP contribution in [0.25, 0.3) is 11.1 Å². The molecule has 3 heteroatoms. The second-order valence-electron chi connectivity index (χ2n) is 4.48. The molecule has 2 aromatic rings. The summed E-state index contributed by atoms with van der Waals surface area (Å²) in [6, 6.07) is 6.09. The van der Waals surface area contributed by atoms with Crippen molar-refractivity contribution in [3.63, 3.8) is 0 Å². The van der Waals surface area contributed by atoms with Gasteiger partial charge in [0.1, 0.15) is 5.52 Å². The maximum absolute atomic E-state index is 6.07. The van der Waals surface area contributed by atoms with E-state index in [-0.39, 0.29) is 5.54 Å². The Labute approximate surface area is 88.3 Å². The molecule has 3 nitrogen and oxygen atoms in total. The smallest absolute Gasteiger partial charge is 0.181 e. The minimum atomic E-state index is 0.113. The summed E-state index contributed by atoms with van der Waals surface area (Å²) < 4.78 is 5.38. The molecule has 0 unspecified atom stereocenters. The number of aryl methyl sites for hydroxylation is 1. The van der Waals surface area contributed by atoms with Crippen molar-refractivity contribution < 1.29 is 4.42 Å². The number of benzene rings is 1. The average Bonchev–Trinajstić information content (AvgIpc) is 2.80. The molecule has 3 rings (SSSR count). The van der Waals surface area contributed by atoms with Gasteiger partial charge in [-0.05, 0) is 37.3 Å². The summed E-state index contributed by atoms with van der Waals surface area (Å²) in [7, 11) is 0. The third-order valence-electron chi connectivity index (χ3n) is 3.22. The van der Waals surface area contributed by atoms with Crippen LogP contribution in [0.1, 0.15) is 24.8 Å². The van der Waals surface area contributed by atoms with E-state index < -0.39 is 0 Å². The van der Waals surface area contributed by atoms with Crippen molar-refractivity contribution in [3.05, 3.63) is 30.2 Å². The number of oxazole rings is 1. The minimum absolute atomic E-state index is 0.113. The molecule has 0 saturated heterocycles. The van der Waals surface area contributed by atoms with Gasteiger partial charge < -0.3 is 10.2 Å². The van der Waals surface area contributed by atoms with Gasteiger partial charge in [-0.15, -0.1) is 0 Å². The average molecular weight is 202 g/mol. The van der Waals surface area contributed by atoms with Crippen molar-refractivity contribution in [2.75, 3.05) is 0 Å². The van der Waals surface area contributed by atoms with E-state index in [1.807, 2.05) is 12.1 Å². The highest BCUT2D eigenvalue weighted by Gasteiger charge is 2.37. The van der Waals surface area contributed by atoms with Gasteiger partial charge in [0.2, 0.25) is 0 Å². The van der Waals surface area contributed by atoms with Gasteiger partial charge in [0.05, 0.1) is 0 Å². The van der Waals surface area contributed by atoms with Crippen LogP contribution in [0.15, 0.2) is 29.0 Å². The SMILES string of the molecule is NC1(CCc2cccc3ncoc23)CC1. The van der Waals surface area contributed by atoms with Crippen molar-refractivity contribution in [3.8, 4) is 0 Å². The highest BCUT2D eigenvalue weighted by Crippen LogP contribution is 2.37. The first-order chi connectivity index (χ1) is 7.27. The van der Waals surface area contributed by atoms with E-state index in [9.17, 15) is 0 Å². The van der Waals surface area contributed by atoms with Crippen LogP contribution in [0.3, 0.4) is 0 Å². The van der Waals surface area contributed by atoms with Crippen LogP contribution in [0, 0.1) is 0 Å². The Kier molecular flexibility index (Phi) is 1.83. The maximum Gasteiger partial charge on any atom is 0.181 e. The number of hydrogen-bond acceptors (Lipinski definition) is 3. The van der Waals surface area contributed by atoms with E-state index in [0.29, 0.717) is 0 Å². The summed E-state index contributed by atoms with van der Waals surface area (Å²) in [4.78, 5) is 4.14. The summed E-state index contributed by atoms with van der Waals surface area (Å²) >= 11 is 0. The van der Waals surface area contributed by atoms with Crippen LogP contribution < -0.4 is 5.73 Å². The van der Waals surface area contributed by atoms with E-state index in [1.54, 1.807) is 0 Å². The third kappa shape index (κ3) is 1.63. The van der Waals surface area contributed by atoms with Crippen LogP contribution in [0.2, 0.25) is 0 Å². The zero-order chi connectivity index (χ0) is 10.3. The molecule has 0 amide bonds. The van der Waals surface area contributed by atoms with Crippen molar-refractivity contribution in [2.45, 2.75) is 31.2 Å². The molecule has 1 aromatic carbocycles. The molecule has 0 aliphatic heterocycles. The number of rotatable bonds is 3. The van der Waals surface area contributed by atoms with E-state index >= 15 is 0 Å². The molecule has 0 radical (unpaired) electrons. The predicted molar refractivity (Wildman–Crippen MR) is 58.5 cm³/mol. The molecular formula is C12H14N2O. The zero-order valence-electron chi connectivity index (χ0n) is 8.57. The van der Waals surface area contributed by atoms with Crippen LogP contribution in [0.4, 0.5) is 0 Å². The number of nitrogens with zero attached hydrogens (tertiary/aromatic N) is 1. The van der Waals surface area contributed by atoms with Gasteiger partial charge in [0.25, 0.3) is 0 Å². The summed E-state index contributed by atoms with van der Waals surface area (Å²) in [5, 5.41) is 0. The van der Waals surface area contributed by atoms with Crippen LogP contribution in [-0.2, 0) is 6.42 Å². The predicted octanol–water partition coefficient (Wildman–Crippen LogP) is 2.25. The highest BCUT2D eigenvalue weighted by atomic mass is 16.3. The Morgan fingerprint density at radius 3 is 3.07 bits per heavy atom. The lowest BCUT2D eigenvalue weighted by molar-refractivity contribution is 0.582. The Morgan fingerprint density at radius 1 is 1.40 bits per heavy atom. The highest BCUT2D eigenvalue weighted by molar-refractivity contribution is 5.75. The molecule has 0 atom stereocenters. The van der Waals surface area contributed by atoms with Crippen molar-refractivity contribution in [2.24, 2.45) is 5.73 Å². The van der Waals surface area contributed by atoms with E-state index in [4.69, 9.17) is 10.2 Å². The van der Waals surface area contributed by atoms with Crippen molar-refractivity contribution in [1.82, 2.24) is 4.98 Å². The van der Waals surface area contributed by atoms with Gasteiger partial charge in [-0.25, -0.2) is 4.98 Å². The number of hydrogen-bond donors (Lipinski definition) is 1. The lowest BCUT2D eigenvalue weighted by atomic mass is 10.0. The largest absolute Gasteiger partial charge is 0.443 e. The lowest BCUT2D eigenvalue weighted by Crippen LogP contribution is -2.22. The Morgan fingerprint density at radius 2 is 2.27 bits per heavy atom. The minimum Gasteiger partial charge on any atom is -0.443 e. The molecule has 1 aliphatic rings. The molecule has 0 bridgehead atoms. The van der Waals surface area contributed by atoms with Gasteiger partial charge in [-0.1, -0.05) is 12.1 Å². The van der Waals surface area contributed by atoms with Crippen LogP contribution in [0.5, 0.6) is 0 Å². The standard InChI is InChI=1S/C12H14N2O/c13-12(6-7-12)5-4-9-2-1-3-10-11(9)15-8-14-10/h1-3,8H,4-7,13H2. The Bertz CT molecular complexity index is 485. The molecule has 1 saturated carbocycles. The van der Waals surface area contributed by atoms with Gasteiger partial charge in [-0.3, -0.25) is 0 Å². The third-order valence-corrected chi connectivity index (χ3v) is 3.22. The summed E-state index contributed by atoms with van der Waals surface area (Å²) in [6.07, 6.45) is 5.87. The maximum atomic E-state index is 6.07. The quantitative estimate of drug-likeness (QED) is 0.830. The van der Waals surface area contributed by atoms with Crippen LogP contribution in [-0.4, -0.2) is 10.5 Å². The summed E-state index contributed by atoms with van der Waals surface area (Å²) in [6.45, 7) is 0. The topological polar surface area (TPSA) is 52.0 Å². The molecular weight excluding hydrogens is 188 g/mol. The number of aromatic nitrogens is 1. The zero-order valence-corrected chi connectivity index (χ0v) is 8.57. The van der Waals surface area contributed by atoms with Crippen molar-refractivity contribution in [1.29, 1.82) is 0 Å². The fourth-order valence-corrected chi connectivity index (χ4v) is 1.94. The molecule has 15 heavy (non-hydrogen) atoms. The number of nitrogens with two attached hydrogens (primary N) is 1. The normalized spacial score (nSPS) is 18.2. The first kappa shape index (κ1) is 8.92. The van der Waals surface area contributed by atoms with Gasteiger partial charge in [-0.2, -0.15) is 0 Å². The van der Waals surface area contributed by atoms with Gasteiger partial charge >= 0.3 is 0 Å². The molecule has 1 aliphatic carbocycles. The number of fused-ring (bicyclic) bond motifs is 1. The molecule has 2 N–H and O–H groups in total. The molecule has 78 valence electrons. The lowest BCUT2D eigenvalue weighted by Gasteiger charge is -2.07. The fourth-order valence-electron chi connectivity index (χ4n) is 1.94. The molecule has 1 aromatic heterocycles. The molecule has 1 heterocycles. The van der Waals surface area contributed by atoms with Crippen LogP contribution >= 0.6 is 0 Å². The second-order valence-corrected chi connectivity index (χ2v) is 4.48. The first-order valence-electron chi connectivity index (χ1n) is 5.37. The summed E-state index contributed by atoms with van der Waals surface area (Å²) in [5.74, 6) is 0. The monoisotopic (exact) mass is 202 g/mol. The first-order valence-corrected chi connectivity index (χ1v) is 5.37. The Hall–Kier alpha value is -1.35. The van der Waals surface area contributed by atoms with E-state index in [1.165, 1.54) is 24.8 Å². The number of para-hydroxylation sites is 1. The van der Waals surface area contributed by atoms with E-state index in [0.717, 1.165) is 23.9 Å². The molecule has 1 fully saturated rings. The summed E-state index contributed by atoms with van der Waals surface area (Å²) in [5.41, 5.74) is 9.26. The van der Waals surface area contributed by atoms with Crippen molar-refractivity contribution >= 4 is 11.1 Å². The second kappa shape index (κ2) is 3.07. The Balaban J connectivity index is 1.86. The van der Waals surface area contributed by atoms with Gasteiger partial charge in [0.15, 0.2) is 12.0 Å². The van der Waals surface area contributed by atoms with Gasteiger partial charge in [0, 0.05) is 5.54 Å². The van der Waals surface area contributed by atoms with E-state index in [2.05, 4.69) is 11.1 Å².